The summed E-state index contributed by atoms with van der Waals surface area (Å²) in [6.45, 7) is 4.15. The molecule has 0 aliphatic heterocycles. The summed E-state index contributed by atoms with van der Waals surface area (Å²) in [4.78, 5) is 4.49. The average Bonchev–Trinajstić information content (AvgIpc) is 2.40. The number of nitrogens with two attached hydrogens (primary N) is 1. The van der Waals surface area contributed by atoms with Gasteiger partial charge >= 0.3 is 0 Å². The Morgan fingerprint density at radius 2 is 2.00 bits per heavy atom. The van der Waals surface area contributed by atoms with Gasteiger partial charge in [0.1, 0.15) is 0 Å². The van der Waals surface area contributed by atoms with E-state index in [0.29, 0.717) is 0 Å². The predicted molar refractivity (Wildman–Crippen MR) is 75.5 cm³/mol. The van der Waals surface area contributed by atoms with Gasteiger partial charge in [-0.05, 0) is 36.1 Å². The molecule has 0 spiro atoms. The molecule has 1 aromatic carbocycles. The zero-order valence-corrected chi connectivity index (χ0v) is 11.1. The van der Waals surface area contributed by atoms with Crippen LogP contribution in [0.1, 0.15) is 42.3 Å². The van der Waals surface area contributed by atoms with Crippen molar-refractivity contribution in [1.82, 2.24) is 4.98 Å². The molecule has 0 radical (unpaired) electrons. The Hall–Kier alpha value is -1.67. The van der Waals surface area contributed by atoms with Gasteiger partial charge in [0.05, 0.1) is 0 Å². The topological polar surface area (TPSA) is 38.9 Å². The van der Waals surface area contributed by atoms with Gasteiger partial charge in [-0.15, -0.1) is 0 Å². The molecule has 2 rings (SSSR count). The van der Waals surface area contributed by atoms with E-state index in [4.69, 9.17) is 5.73 Å². The summed E-state index contributed by atoms with van der Waals surface area (Å²) in [5.74, 6) is 0. The lowest BCUT2D eigenvalue weighted by atomic mass is 10.0. The molecule has 0 bridgehead atoms. The van der Waals surface area contributed by atoms with Crippen molar-refractivity contribution in [2.45, 2.75) is 32.7 Å². The fourth-order valence-electron chi connectivity index (χ4n) is 1.96. The highest BCUT2D eigenvalue weighted by molar-refractivity contribution is 5.29. The second-order valence-corrected chi connectivity index (χ2v) is 4.72. The Bertz CT molecular complexity index is 501. The van der Waals surface area contributed by atoms with E-state index in [0.717, 1.165) is 18.5 Å². The SMILES string of the molecule is CCc1ccc(Cc2cccc(C(C)N)c2)nc1. The molecule has 0 saturated heterocycles. The highest BCUT2D eigenvalue weighted by Crippen LogP contribution is 2.14. The first-order valence-corrected chi connectivity index (χ1v) is 6.47. The van der Waals surface area contributed by atoms with Crippen molar-refractivity contribution in [2.24, 2.45) is 5.73 Å². The molecule has 0 saturated carbocycles. The third-order valence-electron chi connectivity index (χ3n) is 3.16. The van der Waals surface area contributed by atoms with Gasteiger partial charge in [-0.25, -0.2) is 0 Å². The van der Waals surface area contributed by atoms with Crippen LogP contribution in [0.3, 0.4) is 0 Å². The number of hydrogen-bond donors (Lipinski definition) is 1. The van der Waals surface area contributed by atoms with Crippen molar-refractivity contribution in [3.8, 4) is 0 Å². The van der Waals surface area contributed by atoms with Crippen molar-refractivity contribution in [2.75, 3.05) is 0 Å². The Morgan fingerprint density at radius 1 is 1.17 bits per heavy atom. The molecular formula is C16H20N2. The van der Waals surface area contributed by atoms with Crippen molar-refractivity contribution in [1.29, 1.82) is 0 Å². The van der Waals surface area contributed by atoms with Crippen LogP contribution in [-0.2, 0) is 12.8 Å². The van der Waals surface area contributed by atoms with Crippen molar-refractivity contribution in [3.05, 3.63) is 65.0 Å². The maximum Gasteiger partial charge on any atom is 0.0447 e. The third-order valence-corrected chi connectivity index (χ3v) is 3.16. The quantitative estimate of drug-likeness (QED) is 0.891. The summed E-state index contributed by atoms with van der Waals surface area (Å²) in [6, 6.07) is 12.8. The first kappa shape index (κ1) is 12.8. The summed E-state index contributed by atoms with van der Waals surface area (Å²) in [7, 11) is 0. The van der Waals surface area contributed by atoms with E-state index < -0.39 is 0 Å². The monoisotopic (exact) mass is 240 g/mol. The first-order valence-electron chi connectivity index (χ1n) is 6.47. The normalized spacial score (nSPS) is 12.4. The van der Waals surface area contributed by atoms with Gasteiger partial charge in [-0.2, -0.15) is 0 Å². The lowest BCUT2D eigenvalue weighted by molar-refractivity contribution is 0.815. The fraction of sp³-hybridized carbons (Fsp3) is 0.312. The molecule has 1 unspecified atom stereocenters. The fourth-order valence-corrected chi connectivity index (χ4v) is 1.96. The maximum absolute atomic E-state index is 5.90. The van der Waals surface area contributed by atoms with Gasteiger partial charge in [0.2, 0.25) is 0 Å². The Kier molecular flexibility index (Phi) is 4.11. The summed E-state index contributed by atoms with van der Waals surface area (Å²) in [5, 5.41) is 0. The molecule has 18 heavy (non-hydrogen) atoms. The van der Waals surface area contributed by atoms with Gasteiger partial charge in [0, 0.05) is 24.4 Å². The molecular weight excluding hydrogens is 220 g/mol. The van der Waals surface area contributed by atoms with E-state index in [1.165, 1.54) is 16.7 Å². The van der Waals surface area contributed by atoms with E-state index in [-0.39, 0.29) is 6.04 Å². The molecule has 0 aliphatic rings. The molecule has 2 aromatic rings. The highest BCUT2D eigenvalue weighted by atomic mass is 14.7. The summed E-state index contributed by atoms with van der Waals surface area (Å²) >= 11 is 0. The number of aromatic nitrogens is 1. The number of pyridine rings is 1. The zero-order chi connectivity index (χ0) is 13.0. The van der Waals surface area contributed by atoms with Crippen LogP contribution in [0.5, 0.6) is 0 Å². The highest BCUT2D eigenvalue weighted by Gasteiger charge is 2.02. The van der Waals surface area contributed by atoms with Crippen LogP contribution in [0.4, 0.5) is 0 Å². The summed E-state index contributed by atoms with van der Waals surface area (Å²) in [5.41, 5.74) is 10.7. The van der Waals surface area contributed by atoms with Gasteiger partial charge in [-0.1, -0.05) is 37.3 Å². The second-order valence-electron chi connectivity index (χ2n) is 4.72. The van der Waals surface area contributed by atoms with E-state index in [1.54, 1.807) is 0 Å². The van der Waals surface area contributed by atoms with Crippen molar-refractivity contribution < 1.29 is 0 Å². The maximum atomic E-state index is 5.90. The van der Waals surface area contributed by atoms with Crippen LogP contribution in [-0.4, -0.2) is 4.98 Å². The van der Waals surface area contributed by atoms with Gasteiger partial charge in [-0.3, -0.25) is 4.98 Å². The second kappa shape index (κ2) is 5.78. The summed E-state index contributed by atoms with van der Waals surface area (Å²) in [6.07, 6.45) is 3.86. The van der Waals surface area contributed by atoms with Gasteiger partial charge < -0.3 is 5.73 Å². The molecule has 0 aliphatic carbocycles. The minimum Gasteiger partial charge on any atom is -0.324 e. The van der Waals surface area contributed by atoms with Crippen LogP contribution in [0.15, 0.2) is 42.6 Å². The molecule has 0 fully saturated rings. The summed E-state index contributed by atoms with van der Waals surface area (Å²) < 4.78 is 0. The number of nitrogens with zero attached hydrogens (tertiary/aromatic N) is 1. The van der Waals surface area contributed by atoms with Crippen molar-refractivity contribution in [3.63, 3.8) is 0 Å². The van der Waals surface area contributed by atoms with Crippen molar-refractivity contribution >= 4 is 0 Å². The molecule has 0 amide bonds. The van der Waals surface area contributed by atoms with Gasteiger partial charge in [0.15, 0.2) is 0 Å². The molecule has 1 atom stereocenters. The Morgan fingerprint density at radius 3 is 2.61 bits per heavy atom. The zero-order valence-electron chi connectivity index (χ0n) is 11.1. The van der Waals surface area contributed by atoms with E-state index in [1.807, 2.05) is 13.1 Å². The molecule has 94 valence electrons. The average molecular weight is 240 g/mol. The van der Waals surface area contributed by atoms with Gasteiger partial charge in [0.25, 0.3) is 0 Å². The smallest absolute Gasteiger partial charge is 0.0447 e. The molecule has 1 aromatic heterocycles. The minimum absolute atomic E-state index is 0.0837. The number of hydrogen-bond acceptors (Lipinski definition) is 2. The van der Waals surface area contributed by atoms with Crippen LogP contribution < -0.4 is 5.73 Å². The van der Waals surface area contributed by atoms with Crippen LogP contribution in [0.2, 0.25) is 0 Å². The largest absolute Gasteiger partial charge is 0.324 e. The molecule has 2 heteroatoms. The molecule has 1 heterocycles. The van der Waals surface area contributed by atoms with Crippen LogP contribution >= 0.6 is 0 Å². The van der Waals surface area contributed by atoms with E-state index >= 15 is 0 Å². The lowest BCUT2D eigenvalue weighted by Gasteiger charge is -2.08. The first-order chi connectivity index (χ1) is 8.69. The predicted octanol–water partition coefficient (Wildman–Crippen LogP) is 3.25. The number of rotatable bonds is 4. The Balaban J connectivity index is 2.15. The van der Waals surface area contributed by atoms with E-state index in [2.05, 4.69) is 48.3 Å². The molecule has 2 nitrogen and oxygen atoms in total. The molecule has 2 N–H and O–H groups in total. The lowest BCUT2D eigenvalue weighted by Crippen LogP contribution is -2.05. The third kappa shape index (κ3) is 3.17. The number of benzene rings is 1. The minimum atomic E-state index is 0.0837. The van der Waals surface area contributed by atoms with E-state index in [9.17, 15) is 0 Å². The number of aryl methyl sites for hydroxylation is 1. The standard InChI is InChI=1S/C16H20N2/c1-3-13-7-8-16(18-11-13)10-14-5-4-6-15(9-14)12(2)17/h4-9,11-12H,3,10,17H2,1-2H3. The van der Waals surface area contributed by atoms with Crippen LogP contribution in [0, 0.1) is 0 Å². The Labute approximate surface area is 109 Å². The van der Waals surface area contributed by atoms with Crippen LogP contribution in [0.25, 0.3) is 0 Å².